The van der Waals surface area contributed by atoms with Crippen molar-refractivity contribution in [3.05, 3.63) is 11.6 Å². The summed E-state index contributed by atoms with van der Waals surface area (Å²) in [5.41, 5.74) is -0.689. The van der Waals surface area contributed by atoms with Gasteiger partial charge in [0.1, 0.15) is 5.82 Å². The Morgan fingerprint density at radius 3 is 2.71 bits per heavy atom. The van der Waals surface area contributed by atoms with Gasteiger partial charge < -0.3 is 5.32 Å². The summed E-state index contributed by atoms with van der Waals surface area (Å²) < 4.78 is 0. The highest BCUT2D eigenvalue weighted by atomic mass is 16.2. The van der Waals surface area contributed by atoms with Crippen molar-refractivity contribution < 1.29 is 4.79 Å². The van der Waals surface area contributed by atoms with Crippen LogP contribution in [-0.2, 0) is 0 Å². The lowest BCUT2D eigenvalue weighted by Crippen LogP contribution is -2.42. The zero-order valence-corrected chi connectivity index (χ0v) is 8.38. The van der Waals surface area contributed by atoms with Gasteiger partial charge in [0.2, 0.25) is 5.82 Å². The average molecular weight is 192 g/mol. The Morgan fingerprint density at radius 1 is 1.64 bits per heavy atom. The van der Waals surface area contributed by atoms with Gasteiger partial charge in [-0.3, -0.25) is 9.89 Å². The van der Waals surface area contributed by atoms with E-state index in [1.54, 1.807) is 20.8 Å². The van der Waals surface area contributed by atoms with Crippen molar-refractivity contribution in [1.82, 2.24) is 20.5 Å². The van der Waals surface area contributed by atoms with Crippen LogP contribution in [0.25, 0.3) is 0 Å². The summed E-state index contributed by atoms with van der Waals surface area (Å²) in [5, 5.41) is 8.91. The number of nitrogens with zero attached hydrogens (tertiary/aromatic N) is 2. The van der Waals surface area contributed by atoms with Gasteiger partial charge in [-0.25, -0.2) is 4.98 Å². The third-order valence-corrected chi connectivity index (χ3v) is 1.59. The number of aromatic amines is 1. The van der Waals surface area contributed by atoms with Crippen LogP contribution in [0.4, 0.5) is 0 Å². The lowest BCUT2D eigenvalue weighted by Gasteiger charge is -2.17. The number of rotatable bonds is 2. The molecule has 0 aliphatic heterocycles. The van der Waals surface area contributed by atoms with E-state index in [4.69, 9.17) is 6.42 Å². The predicted molar refractivity (Wildman–Crippen MR) is 51.5 cm³/mol. The minimum Gasteiger partial charge on any atom is -0.333 e. The number of hydrogen-bond donors (Lipinski definition) is 2. The largest absolute Gasteiger partial charge is 0.333 e. The van der Waals surface area contributed by atoms with Crippen molar-refractivity contribution in [3.8, 4) is 12.3 Å². The second kappa shape index (κ2) is 3.50. The number of aryl methyl sites for hydroxylation is 1. The number of carbonyl (C=O) groups is 1. The topological polar surface area (TPSA) is 70.7 Å². The highest BCUT2D eigenvalue weighted by molar-refractivity contribution is 5.91. The summed E-state index contributed by atoms with van der Waals surface area (Å²) in [6.45, 7) is 5.17. The van der Waals surface area contributed by atoms with Gasteiger partial charge in [-0.15, -0.1) is 11.5 Å². The Balaban J connectivity index is 2.74. The molecule has 0 aliphatic rings. The summed E-state index contributed by atoms with van der Waals surface area (Å²) in [6, 6.07) is 0. The van der Waals surface area contributed by atoms with E-state index in [1.165, 1.54) is 0 Å². The van der Waals surface area contributed by atoms with E-state index in [0.717, 1.165) is 0 Å². The molecule has 1 aromatic rings. The molecule has 74 valence electrons. The third-order valence-electron chi connectivity index (χ3n) is 1.59. The molecule has 1 rings (SSSR count). The quantitative estimate of drug-likeness (QED) is 0.660. The first-order valence-electron chi connectivity index (χ1n) is 4.14. The highest BCUT2D eigenvalue weighted by Gasteiger charge is 2.20. The van der Waals surface area contributed by atoms with E-state index in [0.29, 0.717) is 5.82 Å². The van der Waals surface area contributed by atoms with Gasteiger partial charge in [-0.05, 0) is 20.8 Å². The van der Waals surface area contributed by atoms with Crippen LogP contribution >= 0.6 is 0 Å². The molecule has 0 unspecified atom stereocenters. The van der Waals surface area contributed by atoms with Crippen LogP contribution in [0.5, 0.6) is 0 Å². The number of nitrogens with one attached hydrogen (secondary N) is 2. The van der Waals surface area contributed by atoms with Crippen molar-refractivity contribution >= 4 is 5.91 Å². The van der Waals surface area contributed by atoms with Gasteiger partial charge in [0.25, 0.3) is 5.91 Å². The summed E-state index contributed by atoms with van der Waals surface area (Å²) in [6.07, 6.45) is 5.22. The first kappa shape index (κ1) is 10.3. The number of H-pyrrole nitrogens is 1. The zero-order chi connectivity index (χ0) is 10.8. The molecule has 0 aliphatic carbocycles. The fourth-order valence-corrected chi connectivity index (χ4v) is 0.820. The molecule has 1 amide bonds. The van der Waals surface area contributed by atoms with E-state index in [1.807, 2.05) is 0 Å². The van der Waals surface area contributed by atoms with E-state index in [9.17, 15) is 4.79 Å². The third kappa shape index (κ3) is 2.33. The molecule has 5 heteroatoms. The van der Waals surface area contributed by atoms with Gasteiger partial charge in [0.15, 0.2) is 0 Å². The first-order chi connectivity index (χ1) is 6.44. The smallest absolute Gasteiger partial charge is 0.292 e. The summed E-state index contributed by atoms with van der Waals surface area (Å²) in [5.74, 6) is 2.77. The fourth-order valence-electron chi connectivity index (χ4n) is 0.820. The normalized spacial score (nSPS) is 10.7. The monoisotopic (exact) mass is 192 g/mol. The highest BCUT2D eigenvalue weighted by Crippen LogP contribution is 2.00. The maximum atomic E-state index is 11.5. The molecular weight excluding hydrogens is 180 g/mol. The molecule has 0 atom stereocenters. The van der Waals surface area contributed by atoms with Crippen molar-refractivity contribution in [2.24, 2.45) is 0 Å². The Labute approximate surface area is 82.3 Å². The number of hydrogen-bond acceptors (Lipinski definition) is 3. The number of carbonyl (C=O) groups excluding carboxylic acids is 1. The maximum Gasteiger partial charge on any atom is 0.292 e. The van der Waals surface area contributed by atoms with Gasteiger partial charge >= 0.3 is 0 Å². The van der Waals surface area contributed by atoms with Crippen molar-refractivity contribution in [1.29, 1.82) is 0 Å². The van der Waals surface area contributed by atoms with Crippen LogP contribution in [0.1, 0.15) is 30.3 Å². The average Bonchev–Trinajstić information content (AvgIpc) is 2.51. The molecule has 5 nitrogen and oxygen atoms in total. The molecule has 14 heavy (non-hydrogen) atoms. The van der Waals surface area contributed by atoms with Crippen molar-refractivity contribution in [2.75, 3.05) is 0 Å². The van der Waals surface area contributed by atoms with Gasteiger partial charge in [-0.2, -0.15) is 0 Å². The molecule has 1 aromatic heterocycles. The minimum atomic E-state index is -0.689. The number of amides is 1. The molecule has 0 saturated carbocycles. The van der Waals surface area contributed by atoms with E-state index >= 15 is 0 Å². The Bertz CT molecular complexity index is 386. The number of aromatic nitrogens is 3. The van der Waals surface area contributed by atoms with Gasteiger partial charge in [0.05, 0.1) is 5.54 Å². The van der Waals surface area contributed by atoms with Crippen LogP contribution in [0, 0.1) is 19.3 Å². The fraction of sp³-hybridized carbons (Fsp3) is 0.444. The predicted octanol–water partition coefficient (Wildman–Crippen LogP) is 0.255. The second-order valence-corrected chi connectivity index (χ2v) is 3.47. The van der Waals surface area contributed by atoms with Crippen LogP contribution in [-0.4, -0.2) is 26.6 Å². The van der Waals surface area contributed by atoms with Gasteiger partial charge in [0, 0.05) is 0 Å². The minimum absolute atomic E-state index is 0.103. The number of terminal acetylenes is 1. The zero-order valence-electron chi connectivity index (χ0n) is 8.38. The Morgan fingerprint density at radius 2 is 2.29 bits per heavy atom. The Hall–Kier alpha value is -1.83. The molecule has 0 aromatic carbocycles. The van der Waals surface area contributed by atoms with E-state index in [-0.39, 0.29) is 11.7 Å². The molecule has 0 saturated heterocycles. The van der Waals surface area contributed by atoms with Crippen LogP contribution < -0.4 is 5.32 Å². The van der Waals surface area contributed by atoms with Gasteiger partial charge in [-0.1, -0.05) is 5.92 Å². The molecular formula is C9H12N4O. The molecule has 0 bridgehead atoms. The maximum absolute atomic E-state index is 11.5. The first-order valence-corrected chi connectivity index (χ1v) is 4.14. The van der Waals surface area contributed by atoms with Crippen LogP contribution in [0.15, 0.2) is 0 Å². The van der Waals surface area contributed by atoms with Crippen molar-refractivity contribution in [2.45, 2.75) is 26.3 Å². The summed E-state index contributed by atoms with van der Waals surface area (Å²) in [4.78, 5) is 15.4. The van der Waals surface area contributed by atoms with Crippen molar-refractivity contribution in [3.63, 3.8) is 0 Å². The van der Waals surface area contributed by atoms with Crippen LogP contribution in [0.3, 0.4) is 0 Å². The molecule has 1 heterocycles. The SMILES string of the molecule is C#CC(C)(C)NC(=O)c1n[nH]c(C)n1. The second-order valence-electron chi connectivity index (χ2n) is 3.47. The summed E-state index contributed by atoms with van der Waals surface area (Å²) >= 11 is 0. The lowest BCUT2D eigenvalue weighted by molar-refractivity contribution is 0.0919. The molecule has 0 radical (unpaired) electrons. The molecule has 0 fully saturated rings. The molecule has 0 spiro atoms. The standard InChI is InChI=1S/C9H12N4O/c1-5-9(3,4)11-8(14)7-10-6(2)12-13-7/h1H,2-4H3,(H,11,14)(H,10,12,13). The van der Waals surface area contributed by atoms with Crippen LogP contribution in [0.2, 0.25) is 0 Å². The Kier molecular flexibility index (Phi) is 2.56. The summed E-state index contributed by atoms with van der Waals surface area (Å²) in [7, 11) is 0. The lowest BCUT2D eigenvalue weighted by atomic mass is 10.1. The van der Waals surface area contributed by atoms with E-state index < -0.39 is 5.54 Å². The van der Waals surface area contributed by atoms with E-state index in [2.05, 4.69) is 26.4 Å². The molecule has 2 N–H and O–H groups in total.